The van der Waals surface area contributed by atoms with Crippen LogP contribution < -0.4 is 10.6 Å². The second kappa shape index (κ2) is 6.41. The van der Waals surface area contributed by atoms with Gasteiger partial charge in [0.2, 0.25) is 5.91 Å². The zero-order chi connectivity index (χ0) is 13.6. The van der Waals surface area contributed by atoms with E-state index in [1.165, 1.54) is 0 Å². The summed E-state index contributed by atoms with van der Waals surface area (Å²) >= 11 is 0. The fourth-order valence-electron chi connectivity index (χ4n) is 2.21. The van der Waals surface area contributed by atoms with Gasteiger partial charge < -0.3 is 10.4 Å². The van der Waals surface area contributed by atoms with E-state index in [0.29, 0.717) is 25.3 Å². The lowest BCUT2D eigenvalue weighted by Crippen LogP contribution is -2.57. The summed E-state index contributed by atoms with van der Waals surface area (Å²) in [5, 5.41) is 14.7. The molecule has 0 aromatic carbocycles. The highest BCUT2D eigenvalue weighted by Crippen LogP contribution is 2.32. The maximum Gasteiger partial charge on any atom is 0.329 e. The Morgan fingerprint density at radius 1 is 1.44 bits per heavy atom. The highest BCUT2D eigenvalue weighted by atomic mass is 16.4. The summed E-state index contributed by atoms with van der Waals surface area (Å²) in [6, 6.07) is 0. The third-order valence-electron chi connectivity index (χ3n) is 3.43. The molecular formula is C13H20N2O3. The number of rotatable bonds is 5. The van der Waals surface area contributed by atoms with Crippen LogP contribution >= 0.6 is 0 Å². The Balaban J connectivity index is 2.56. The van der Waals surface area contributed by atoms with Crippen molar-refractivity contribution in [3.63, 3.8) is 0 Å². The molecule has 0 unspecified atom stereocenters. The van der Waals surface area contributed by atoms with Gasteiger partial charge in [-0.2, -0.15) is 0 Å². The van der Waals surface area contributed by atoms with Gasteiger partial charge in [0, 0.05) is 0 Å². The van der Waals surface area contributed by atoms with Crippen LogP contribution in [0.2, 0.25) is 0 Å². The summed E-state index contributed by atoms with van der Waals surface area (Å²) in [6.07, 6.45) is 7.68. The Bertz CT molecular complexity index is 352. The van der Waals surface area contributed by atoms with E-state index in [4.69, 9.17) is 6.42 Å². The van der Waals surface area contributed by atoms with Crippen molar-refractivity contribution >= 4 is 11.9 Å². The van der Waals surface area contributed by atoms with Crippen LogP contribution in [0.15, 0.2) is 0 Å². The molecule has 5 heteroatoms. The van der Waals surface area contributed by atoms with E-state index in [-0.39, 0.29) is 12.5 Å². The fraction of sp³-hybridized carbons (Fsp3) is 0.692. The molecule has 0 aromatic rings. The predicted molar refractivity (Wildman–Crippen MR) is 67.8 cm³/mol. The van der Waals surface area contributed by atoms with Crippen LogP contribution in [0.3, 0.4) is 0 Å². The van der Waals surface area contributed by atoms with Gasteiger partial charge in [-0.1, -0.05) is 12.8 Å². The first-order valence-electron chi connectivity index (χ1n) is 6.19. The minimum absolute atomic E-state index is 0.0504. The predicted octanol–water partition coefficient (Wildman–Crippen LogP) is 0.359. The number of amides is 1. The van der Waals surface area contributed by atoms with Gasteiger partial charge >= 0.3 is 5.97 Å². The second-order valence-electron chi connectivity index (χ2n) is 4.93. The van der Waals surface area contributed by atoms with Crippen LogP contribution in [0.1, 0.15) is 32.6 Å². The highest BCUT2D eigenvalue weighted by Gasteiger charge is 2.42. The molecule has 0 bridgehead atoms. The van der Waals surface area contributed by atoms with Crippen LogP contribution in [0.5, 0.6) is 0 Å². The molecule has 1 saturated carbocycles. The van der Waals surface area contributed by atoms with Crippen molar-refractivity contribution in [1.82, 2.24) is 10.6 Å². The van der Waals surface area contributed by atoms with Crippen molar-refractivity contribution in [2.24, 2.45) is 5.92 Å². The number of aliphatic carboxylic acids is 1. The van der Waals surface area contributed by atoms with Crippen molar-refractivity contribution in [1.29, 1.82) is 0 Å². The highest BCUT2D eigenvalue weighted by molar-refractivity contribution is 5.88. The summed E-state index contributed by atoms with van der Waals surface area (Å²) in [5.41, 5.74) is -1.10. The minimum atomic E-state index is -1.10. The van der Waals surface area contributed by atoms with Crippen LogP contribution in [-0.4, -0.2) is 35.6 Å². The molecule has 1 aliphatic carbocycles. The SMILES string of the molecule is C#CCNCC(=O)NC1(C(=O)O)CCC(C)CC1. The van der Waals surface area contributed by atoms with E-state index in [1.807, 2.05) is 0 Å². The Kier molecular flexibility index (Phi) is 5.17. The molecule has 1 rings (SSSR count). The maximum absolute atomic E-state index is 11.7. The number of nitrogens with one attached hydrogen (secondary N) is 2. The molecule has 3 N–H and O–H groups in total. The van der Waals surface area contributed by atoms with Gasteiger partial charge in [0.1, 0.15) is 5.54 Å². The van der Waals surface area contributed by atoms with Gasteiger partial charge in [0.05, 0.1) is 13.1 Å². The van der Waals surface area contributed by atoms with Crippen LogP contribution in [-0.2, 0) is 9.59 Å². The molecule has 0 radical (unpaired) electrons. The summed E-state index contributed by atoms with van der Waals surface area (Å²) in [5.74, 6) is 1.62. The summed E-state index contributed by atoms with van der Waals surface area (Å²) in [7, 11) is 0. The standard InChI is InChI=1S/C13H20N2O3/c1-3-8-14-9-11(16)15-13(12(17)18)6-4-10(2)5-7-13/h1,10,14H,4-9H2,2H3,(H,15,16)(H,17,18). The van der Waals surface area contributed by atoms with Gasteiger partial charge in [-0.15, -0.1) is 6.42 Å². The van der Waals surface area contributed by atoms with E-state index >= 15 is 0 Å². The van der Waals surface area contributed by atoms with Crippen molar-refractivity contribution < 1.29 is 14.7 Å². The van der Waals surface area contributed by atoms with E-state index in [0.717, 1.165) is 12.8 Å². The lowest BCUT2D eigenvalue weighted by atomic mass is 9.77. The first-order valence-corrected chi connectivity index (χ1v) is 6.19. The summed E-state index contributed by atoms with van der Waals surface area (Å²) in [6.45, 7) is 2.45. The molecule has 0 heterocycles. The molecule has 0 spiro atoms. The number of carbonyl (C=O) groups excluding carboxylic acids is 1. The van der Waals surface area contributed by atoms with Crippen molar-refractivity contribution in [3.8, 4) is 12.3 Å². The minimum Gasteiger partial charge on any atom is -0.480 e. The van der Waals surface area contributed by atoms with Gasteiger partial charge in [0.15, 0.2) is 0 Å². The Morgan fingerprint density at radius 2 is 2.06 bits per heavy atom. The zero-order valence-corrected chi connectivity index (χ0v) is 10.7. The Labute approximate surface area is 107 Å². The van der Waals surface area contributed by atoms with E-state index < -0.39 is 11.5 Å². The smallest absolute Gasteiger partial charge is 0.329 e. The average molecular weight is 252 g/mol. The number of hydrogen-bond acceptors (Lipinski definition) is 3. The largest absolute Gasteiger partial charge is 0.480 e. The number of carboxylic acids is 1. The van der Waals surface area contributed by atoms with Crippen LogP contribution in [0.4, 0.5) is 0 Å². The molecule has 1 amide bonds. The average Bonchev–Trinajstić information content (AvgIpc) is 2.32. The number of carboxylic acid groups (broad SMARTS) is 1. The third kappa shape index (κ3) is 3.74. The number of terminal acetylenes is 1. The van der Waals surface area contributed by atoms with Gasteiger partial charge in [-0.3, -0.25) is 10.1 Å². The first kappa shape index (κ1) is 14.5. The van der Waals surface area contributed by atoms with E-state index in [1.54, 1.807) is 0 Å². The molecule has 0 saturated heterocycles. The quantitative estimate of drug-likeness (QED) is 0.487. The van der Waals surface area contributed by atoms with Crippen LogP contribution in [0, 0.1) is 18.3 Å². The molecule has 0 aromatic heterocycles. The molecule has 18 heavy (non-hydrogen) atoms. The molecule has 1 aliphatic rings. The van der Waals surface area contributed by atoms with Gasteiger partial charge in [-0.05, 0) is 31.6 Å². The Hall–Kier alpha value is -1.54. The number of carbonyl (C=O) groups is 2. The molecule has 0 atom stereocenters. The zero-order valence-electron chi connectivity index (χ0n) is 10.7. The monoisotopic (exact) mass is 252 g/mol. The van der Waals surface area contributed by atoms with Crippen LogP contribution in [0.25, 0.3) is 0 Å². The fourth-order valence-corrected chi connectivity index (χ4v) is 2.21. The third-order valence-corrected chi connectivity index (χ3v) is 3.43. The topological polar surface area (TPSA) is 78.4 Å². The van der Waals surface area contributed by atoms with E-state index in [9.17, 15) is 14.7 Å². The maximum atomic E-state index is 11.7. The molecule has 5 nitrogen and oxygen atoms in total. The Morgan fingerprint density at radius 3 is 2.56 bits per heavy atom. The lowest BCUT2D eigenvalue weighted by molar-refractivity contribution is -0.149. The molecular weight excluding hydrogens is 232 g/mol. The van der Waals surface area contributed by atoms with Crippen molar-refractivity contribution in [3.05, 3.63) is 0 Å². The second-order valence-corrected chi connectivity index (χ2v) is 4.93. The van der Waals surface area contributed by atoms with Crippen molar-refractivity contribution in [2.45, 2.75) is 38.1 Å². The molecule has 100 valence electrons. The molecule has 0 aliphatic heterocycles. The first-order chi connectivity index (χ1) is 8.50. The van der Waals surface area contributed by atoms with Gasteiger partial charge in [0.25, 0.3) is 0 Å². The van der Waals surface area contributed by atoms with Crippen molar-refractivity contribution in [2.75, 3.05) is 13.1 Å². The summed E-state index contributed by atoms with van der Waals surface area (Å²) in [4.78, 5) is 23.1. The summed E-state index contributed by atoms with van der Waals surface area (Å²) < 4.78 is 0. The number of hydrogen-bond donors (Lipinski definition) is 3. The lowest BCUT2D eigenvalue weighted by Gasteiger charge is -2.36. The van der Waals surface area contributed by atoms with Gasteiger partial charge in [-0.25, -0.2) is 4.79 Å². The van der Waals surface area contributed by atoms with E-state index in [2.05, 4.69) is 23.5 Å². The normalized spacial score (nSPS) is 27.2. The molecule has 1 fully saturated rings.